The van der Waals surface area contributed by atoms with Crippen molar-refractivity contribution < 1.29 is 0 Å². The Hall–Kier alpha value is -2.91. The monoisotopic (exact) mass is 356 g/mol. The van der Waals surface area contributed by atoms with E-state index in [1.54, 1.807) is 11.3 Å². The fourth-order valence-corrected chi connectivity index (χ4v) is 4.05. The van der Waals surface area contributed by atoms with E-state index in [1.807, 2.05) is 30.3 Å². The van der Waals surface area contributed by atoms with Gasteiger partial charge in [-0.25, -0.2) is 4.99 Å². The third kappa shape index (κ3) is 3.68. The van der Waals surface area contributed by atoms with E-state index in [1.165, 1.54) is 21.6 Å². The van der Waals surface area contributed by atoms with Gasteiger partial charge in [0.25, 0.3) is 0 Å². The quantitative estimate of drug-likeness (QED) is 0.439. The van der Waals surface area contributed by atoms with E-state index in [4.69, 9.17) is 4.99 Å². The topological polar surface area (TPSA) is 17.3 Å². The Bertz CT molecular complexity index is 1060. The fourth-order valence-electron chi connectivity index (χ4n) is 2.95. The maximum atomic E-state index is 4.89. The lowest BCUT2D eigenvalue weighted by molar-refractivity contribution is 0.771. The highest BCUT2D eigenvalue weighted by atomic mass is 32.1. The van der Waals surface area contributed by atoms with Gasteiger partial charge in [0.15, 0.2) is 4.80 Å². The van der Waals surface area contributed by atoms with Gasteiger partial charge in [0.05, 0.1) is 10.6 Å². The van der Waals surface area contributed by atoms with E-state index in [0.29, 0.717) is 0 Å². The van der Waals surface area contributed by atoms with Gasteiger partial charge in [-0.15, -0.1) is 0 Å². The van der Waals surface area contributed by atoms with Crippen LogP contribution in [0.3, 0.4) is 0 Å². The zero-order valence-electron chi connectivity index (χ0n) is 14.7. The minimum absolute atomic E-state index is 0.814. The molecule has 0 saturated heterocycles. The number of benzene rings is 3. The molecule has 0 aliphatic rings. The van der Waals surface area contributed by atoms with Crippen LogP contribution in [0.15, 0.2) is 96.1 Å². The predicted molar refractivity (Wildman–Crippen MR) is 110 cm³/mol. The molecule has 26 heavy (non-hydrogen) atoms. The van der Waals surface area contributed by atoms with Crippen LogP contribution in [0.1, 0.15) is 11.1 Å². The van der Waals surface area contributed by atoms with Crippen molar-refractivity contribution in [2.45, 2.75) is 13.5 Å². The maximum Gasteiger partial charge on any atom is 0.190 e. The number of aryl methyl sites for hydroxylation is 1. The van der Waals surface area contributed by atoms with E-state index < -0.39 is 0 Å². The molecule has 4 aromatic rings. The van der Waals surface area contributed by atoms with Crippen LogP contribution in [-0.2, 0) is 6.54 Å². The van der Waals surface area contributed by atoms with Crippen LogP contribution in [-0.4, -0.2) is 4.57 Å². The molecule has 0 aliphatic carbocycles. The maximum absolute atomic E-state index is 4.89. The molecule has 2 nitrogen and oxygen atoms in total. The fraction of sp³-hybridized carbons (Fsp3) is 0.0870. The molecule has 3 heteroatoms. The average molecular weight is 356 g/mol. The normalized spacial score (nSPS) is 11.7. The number of nitrogens with zero attached hydrogens (tertiary/aromatic N) is 2. The van der Waals surface area contributed by atoms with Gasteiger partial charge < -0.3 is 4.57 Å². The van der Waals surface area contributed by atoms with Gasteiger partial charge >= 0.3 is 0 Å². The largest absolute Gasteiger partial charge is 0.319 e. The Morgan fingerprint density at radius 3 is 2.19 bits per heavy atom. The second kappa shape index (κ2) is 7.54. The number of hydrogen-bond acceptors (Lipinski definition) is 2. The van der Waals surface area contributed by atoms with Crippen LogP contribution >= 0.6 is 11.3 Å². The zero-order valence-corrected chi connectivity index (χ0v) is 15.5. The number of thiazole rings is 1. The lowest BCUT2D eigenvalue weighted by Gasteiger charge is -2.04. The summed E-state index contributed by atoms with van der Waals surface area (Å²) < 4.78 is 2.24. The highest BCUT2D eigenvalue weighted by Gasteiger charge is 2.08. The van der Waals surface area contributed by atoms with Gasteiger partial charge in [0.2, 0.25) is 0 Å². The first-order valence-corrected chi connectivity index (χ1v) is 9.51. The molecule has 0 spiro atoms. The number of para-hydroxylation sites is 1. The van der Waals surface area contributed by atoms with Crippen molar-refractivity contribution in [3.63, 3.8) is 0 Å². The molecule has 128 valence electrons. The smallest absolute Gasteiger partial charge is 0.190 e. The van der Waals surface area contributed by atoms with E-state index in [-0.39, 0.29) is 0 Å². The van der Waals surface area contributed by atoms with E-state index >= 15 is 0 Å². The summed E-state index contributed by atoms with van der Waals surface area (Å²) in [5, 5.41) is 0. The summed E-state index contributed by atoms with van der Waals surface area (Å²) in [4.78, 5) is 7.15. The van der Waals surface area contributed by atoms with Crippen LogP contribution in [0.25, 0.3) is 10.4 Å². The molecule has 0 amide bonds. The molecule has 0 radical (unpaired) electrons. The van der Waals surface area contributed by atoms with Gasteiger partial charge in [-0.2, -0.15) is 0 Å². The lowest BCUT2D eigenvalue weighted by Crippen LogP contribution is -2.14. The van der Waals surface area contributed by atoms with Crippen molar-refractivity contribution in [3.8, 4) is 10.4 Å². The second-order valence-electron chi connectivity index (χ2n) is 6.25. The molecule has 0 saturated carbocycles. The van der Waals surface area contributed by atoms with Crippen molar-refractivity contribution in [1.29, 1.82) is 0 Å². The van der Waals surface area contributed by atoms with Crippen molar-refractivity contribution in [2.24, 2.45) is 4.99 Å². The van der Waals surface area contributed by atoms with Gasteiger partial charge in [-0.05, 0) is 35.7 Å². The molecule has 3 aromatic carbocycles. The molecule has 0 unspecified atom stereocenters. The van der Waals surface area contributed by atoms with Crippen molar-refractivity contribution in [3.05, 3.63) is 107 Å². The molecule has 0 bridgehead atoms. The molecular formula is C23H20N2S. The first-order valence-electron chi connectivity index (χ1n) is 8.69. The number of hydrogen-bond donors (Lipinski definition) is 0. The molecule has 0 N–H and O–H groups in total. The third-order valence-electron chi connectivity index (χ3n) is 4.31. The van der Waals surface area contributed by atoms with Crippen LogP contribution < -0.4 is 4.80 Å². The average Bonchev–Trinajstić information content (AvgIpc) is 3.06. The summed E-state index contributed by atoms with van der Waals surface area (Å²) in [5.74, 6) is 0. The Balaban J connectivity index is 1.83. The molecule has 0 aliphatic heterocycles. The minimum Gasteiger partial charge on any atom is -0.319 e. The minimum atomic E-state index is 0.814. The second-order valence-corrected chi connectivity index (χ2v) is 7.26. The number of aromatic nitrogens is 1. The summed E-state index contributed by atoms with van der Waals surface area (Å²) >= 11 is 1.74. The molecule has 0 fully saturated rings. The van der Waals surface area contributed by atoms with Gasteiger partial charge in [-0.1, -0.05) is 84.1 Å². The molecule has 4 rings (SSSR count). The van der Waals surface area contributed by atoms with Crippen LogP contribution in [0.2, 0.25) is 0 Å². The van der Waals surface area contributed by atoms with Gasteiger partial charge in [0, 0.05) is 12.7 Å². The summed E-state index contributed by atoms with van der Waals surface area (Å²) in [6, 6.07) is 29.2. The van der Waals surface area contributed by atoms with E-state index in [9.17, 15) is 0 Å². The highest BCUT2D eigenvalue weighted by molar-refractivity contribution is 7.12. The first-order chi connectivity index (χ1) is 12.8. The molecule has 0 atom stereocenters. The van der Waals surface area contributed by atoms with Crippen molar-refractivity contribution in [1.82, 2.24) is 4.57 Å². The summed E-state index contributed by atoms with van der Waals surface area (Å²) in [5.41, 5.74) is 4.81. The van der Waals surface area contributed by atoms with Crippen molar-refractivity contribution >= 4 is 17.0 Å². The van der Waals surface area contributed by atoms with E-state index in [0.717, 1.165) is 17.0 Å². The third-order valence-corrected chi connectivity index (χ3v) is 5.36. The Labute approximate surface area is 157 Å². The lowest BCUT2D eigenvalue weighted by atomic mass is 10.1. The first kappa shape index (κ1) is 16.6. The summed E-state index contributed by atoms with van der Waals surface area (Å²) in [6.45, 7) is 2.97. The van der Waals surface area contributed by atoms with Crippen LogP contribution in [0.5, 0.6) is 0 Å². The van der Waals surface area contributed by atoms with Crippen LogP contribution in [0.4, 0.5) is 5.69 Å². The van der Waals surface area contributed by atoms with Gasteiger partial charge in [0.1, 0.15) is 0 Å². The summed E-state index contributed by atoms with van der Waals surface area (Å²) in [7, 11) is 0. The summed E-state index contributed by atoms with van der Waals surface area (Å²) in [6.07, 6.45) is 2.22. The van der Waals surface area contributed by atoms with Crippen LogP contribution in [0, 0.1) is 6.92 Å². The highest BCUT2D eigenvalue weighted by Crippen LogP contribution is 2.26. The molecule has 1 heterocycles. The predicted octanol–water partition coefficient (Wildman–Crippen LogP) is 5.81. The Morgan fingerprint density at radius 1 is 0.808 bits per heavy atom. The number of rotatable bonds is 4. The molecule has 1 aromatic heterocycles. The Morgan fingerprint density at radius 2 is 1.46 bits per heavy atom. The van der Waals surface area contributed by atoms with Crippen molar-refractivity contribution in [2.75, 3.05) is 0 Å². The standard InChI is InChI=1S/C23H20N2S/c1-18-10-8-9-15-21(18)22-17-25(16-19-11-4-2-5-12-19)23(26-22)24-20-13-6-3-7-14-20/h2-15,17H,16H2,1H3/b24-23+. The molecular weight excluding hydrogens is 336 g/mol. The zero-order chi connectivity index (χ0) is 17.8. The van der Waals surface area contributed by atoms with Gasteiger partial charge in [-0.3, -0.25) is 0 Å². The Kier molecular flexibility index (Phi) is 4.80. The SMILES string of the molecule is Cc1ccccc1-c1cn(Cc2ccccc2)/c(=N\c2ccccc2)s1. The van der Waals surface area contributed by atoms with E-state index in [2.05, 4.69) is 72.3 Å².